The summed E-state index contributed by atoms with van der Waals surface area (Å²) in [6.07, 6.45) is 2.30. The van der Waals surface area contributed by atoms with Gasteiger partial charge in [-0.3, -0.25) is 4.98 Å². The molecule has 0 radical (unpaired) electrons. The molecule has 19 heavy (non-hydrogen) atoms. The van der Waals surface area contributed by atoms with E-state index < -0.39 is 0 Å². The number of pyridine rings is 1. The largest absolute Gasteiger partial charge is 0.375 e. The van der Waals surface area contributed by atoms with Gasteiger partial charge in [-0.25, -0.2) is 0 Å². The van der Waals surface area contributed by atoms with Crippen LogP contribution in [-0.2, 0) is 11.3 Å². The van der Waals surface area contributed by atoms with Crippen molar-refractivity contribution in [3.63, 3.8) is 0 Å². The Labute approximate surface area is 116 Å². The van der Waals surface area contributed by atoms with Gasteiger partial charge in [0, 0.05) is 48.8 Å². The molecule has 1 aliphatic heterocycles. The van der Waals surface area contributed by atoms with Gasteiger partial charge in [-0.2, -0.15) is 0 Å². The molecule has 1 aromatic heterocycles. The molecule has 4 nitrogen and oxygen atoms in total. The van der Waals surface area contributed by atoms with Gasteiger partial charge in [0.2, 0.25) is 0 Å². The SMILES string of the molecule is Cc1cc(N2CCOC(C)C2)c(CNC(C)C)cn1. The Morgan fingerprint density at radius 3 is 3.00 bits per heavy atom. The van der Waals surface area contributed by atoms with E-state index in [0.29, 0.717) is 12.1 Å². The number of morpholine rings is 1. The zero-order valence-corrected chi connectivity index (χ0v) is 12.4. The highest BCUT2D eigenvalue weighted by atomic mass is 16.5. The summed E-state index contributed by atoms with van der Waals surface area (Å²) in [5.74, 6) is 0. The second-order valence-corrected chi connectivity index (χ2v) is 5.62. The van der Waals surface area contributed by atoms with Crippen molar-refractivity contribution in [2.45, 2.75) is 46.4 Å². The molecule has 0 amide bonds. The molecule has 1 atom stereocenters. The second-order valence-electron chi connectivity index (χ2n) is 5.62. The number of aryl methyl sites for hydroxylation is 1. The Hall–Kier alpha value is -1.13. The fourth-order valence-electron chi connectivity index (χ4n) is 2.36. The summed E-state index contributed by atoms with van der Waals surface area (Å²) in [7, 11) is 0. The van der Waals surface area contributed by atoms with Gasteiger partial charge in [0.25, 0.3) is 0 Å². The van der Waals surface area contributed by atoms with Gasteiger partial charge in [0.05, 0.1) is 12.7 Å². The highest BCUT2D eigenvalue weighted by molar-refractivity contribution is 5.54. The van der Waals surface area contributed by atoms with Crippen LogP contribution in [0, 0.1) is 6.92 Å². The number of anilines is 1. The van der Waals surface area contributed by atoms with Crippen molar-refractivity contribution in [1.29, 1.82) is 0 Å². The van der Waals surface area contributed by atoms with Gasteiger partial charge < -0.3 is 15.0 Å². The molecule has 4 heteroatoms. The Morgan fingerprint density at radius 2 is 2.32 bits per heavy atom. The van der Waals surface area contributed by atoms with E-state index in [0.717, 1.165) is 31.9 Å². The summed E-state index contributed by atoms with van der Waals surface area (Å²) < 4.78 is 5.62. The molecule has 2 heterocycles. The lowest BCUT2D eigenvalue weighted by atomic mass is 10.1. The quantitative estimate of drug-likeness (QED) is 0.903. The number of ether oxygens (including phenoxy) is 1. The highest BCUT2D eigenvalue weighted by Crippen LogP contribution is 2.23. The van der Waals surface area contributed by atoms with Crippen molar-refractivity contribution in [3.8, 4) is 0 Å². The number of nitrogens with zero attached hydrogens (tertiary/aromatic N) is 2. The predicted octanol–water partition coefficient (Wildman–Crippen LogP) is 2.11. The van der Waals surface area contributed by atoms with Crippen molar-refractivity contribution in [3.05, 3.63) is 23.5 Å². The third kappa shape index (κ3) is 3.91. The van der Waals surface area contributed by atoms with Gasteiger partial charge in [-0.05, 0) is 19.9 Å². The average Bonchev–Trinajstić information content (AvgIpc) is 2.37. The van der Waals surface area contributed by atoms with E-state index in [1.165, 1.54) is 11.3 Å². The number of rotatable bonds is 4. The van der Waals surface area contributed by atoms with Crippen LogP contribution >= 0.6 is 0 Å². The van der Waals surface area contributed by atoms with Crippen LogP contribution in [0.25, 0.3) is 0 Å². The first-order valence-electron chi connectivity index (χ1n) is 7.11. The molecule has 1 fully saturated rings. The molecule has 1 aromatic rings. The first-order chi connectivity index (χ1) is 9.06. The predicted molar refractivity (Wildman–Crippen MR) is 78.6 cm³/mol. The normalized spacial score (nSPS) is 20.1. The molecule has 0 aliphatic carbocycles. The first kappa shape index (κ1) is 14.3. The molecule has 0 saturated carbocycles. The second kappa shape index (κ2) is 6.35. The van der Waals surface area contributed by atoms with Gasteiger partial charge in [-0.15, -0.1) is 0 Å². The van der Waals surface area contributed by atoms with E-state index in [4.69, 9.17) is 4.74 Å². The van der Waals surface area contributed by atoms with E-state index in [1.807, 2.05) is 13.1 Å². The highest BCUT2D eigenvalue weighted by Gasteiger charge is 2.19. The van der Waals surface area contributed by atoms with E-state index in [9.17, 15) is 0 Å². The number of hydrogen-bond donors (Lipinski definition) is 1. The molecule has 106 valence electrons. The van der Waals surface area contributed by atoms with Crippen molar-refractivity contribution in [1.82, 2.24) is 10.3 Å². The van der Waals surface area contributed by atoms with Crippen molar-refractivity contribution >= 4 is 5.69 Å². The molecule has 1 saturated heterocycles. The third-order valence-electron chi connectivity index (χ3n) is 3.38. The molecular formula is C15H25N3O. The molecule has 1 aliphatic rings. The summed E-state index contributed by atoms with van der Waals surface area (Å²) in [6, 6.07) is 2.67. The lowest BCUT2D eigenvalue weighted by Crippen LogP contribution is -2.41. The monoisotopic (exact) mass is 263 g/mol. The minimum absolute atomic E-state index is 0.299. The Bertz CT molecular complexity index is 420. The number of hydrogen-bond acceptors (Lipinski definition) is 4. The molecule has 1 unspecified atom stereocenters. The van der Waals surface area contributed by atoms with Crippen LogP contribution in [0.5, 0.6) is 0 Å². The van der Waals surface area contributed by atoms with Crippen molar-refractivity contribution in [2.75, 3.05) is 24.6 Å². The van der Waals surface area contributed by atoms with Crippen LogP contribution in [0.3, 0.4) is 0 Å². The average molecular weight is 263 g/mol. The third-order valence-corrected chi connectivity index (χ3v) is 3.38. The summed E-state index contributed by atoms with van der Waals surface area (Å²) in [6.45, 7) is 12.1. The Kier molecular flexibility index (Phi) is 4.77. The molecule has 1 N–H and O–H groups in total. The van der Waals surface area contributed by atoms with Gasteiger partial charge in [0.15, 0.2) is 0 Å². The zero-order valence-electron chi connectivity index (χ0n) is 12.4. The van der Waals surface area contributed by atoms with E-state index in [1.54, 1.807) is 0 Å². The lowest BCUT2D eigenvalue weighted by molar-refractivity contribution is 0.0531. The summed E-state index contributed by atoms with van der Waals surface area (Å²) in [5, 5.41) is 3.47. The fraction of sp³-hybridized carbons (Fsp3) is 0.667. The summed E-state index contributed by atoms with van der Waals surface area (Å²) in [4.78, 5) is 6.85. The molecular weight excluding hydrogens is 238 g/mol. The van der Waals surface area contributed by atoms with Gasteiger partial charge >= 0.3 is 0 Å². The molecule has 0 spiro atoms. The van der Waals surface area contributed by atoms with Gasteiger partial charge in [0.1, 0.15) is 0 Å². The van der Waals surface area contributed by atoms with Crippen LogP contribution in [0.15, 0.2) is 12.3 Å². The lowest BCUT2D eigenvalue weighted by Gasteiger charge is -2.34. The van der Waals surface area contributed by atoms with Crippen LogP contribution in [-0.4, -0.2) is 36.8 Å². The van der Waals surface area contributed by atoms with Crippen LogP contribution in [0.1, 0.15) is 32.0 Å². The minimum Gasteiger partial charge on any atom is -0.375 e. The van der Waals surface area contributed by atoms with E-state index >= 15 is 0 Å². The maximum absolute atomic E-state index is 5.62. The topological polar surface area (TPSA) is 37.4 Å². The van der Waals surface area contributed by atoms with Crippen molar-refractivity contribution in [2.24, 2.45) is 0 Å². The molecule has 0 bridgehead atoms. The van der Waals surface area contributed by atoms with Crippen LogP contribution in [0.2, 0.25) is 0 Å². The number of nitrogens with one attached hydrogen (secondary N) is 1. The fourth-order valence-corrected chi connectivity index (χ4v) is 2.36. The van der Waals surface area contributed by atoms with Crippen LogP contribution < -0.4 is 10.2 Å². The number of aromatic nitrogens is 1. The van der Waals surface area contributed by atoms with Gasteiger partial charge in [-0.1, -0.05) is 13.8 Å². The maximum atomic E-state index is 5.62. The van der Waals surface area contributed by atoms with E-state index in [-0.39, 0.29) is 0 Å². The minimum atomic E-state index is 0.299. The molecule has 0 aromatic carbocycles. The zero-order chi connectivity index (χ0) is 13.8. The first-order valence-corrected chi connectivity index (χ1v) is 7.11. The smallest absolute Gasteiger partial charge is 0.0722 e. The van der Waals surface area contributed by atoms with Crippen LogP contribution in [0.4, 0.5) is 5.69 Å². The summed E-state index contributed by atoms with van der Waals surface area (Å²) in [5.41, 5.74) is 3.65. The molecule has 2 rings (SSSR count). The van der Waals surface area contributed by atoms with E-state index in [2.05, 4.69) is 42.0 Å². The Balaban J connectivity index is 2.18. The maximum Gasteiger partial charge on any atom is 0.0722 e. The standard InChI is InChI=1S/C15H25N3O/c1-11(2)16-8-14-9-17-12(3)7-15(14)18-5-6-19-13(4)10-18/h7,9,11,13,16H,5-6,8,10H2,1-4H3. The summed E-state index contributed by atoms with van der Waals surface area (Å²) >= 11 is 0. The Morgan fingerprint density at radius 1 is 1.53 bits per heavy atom. The van der Waals surface area contributed by atoms with Crippen molar-refractivity contribution < 1.29 is 4.74 Å².